The Balaban J connectivity index is 2.02. The first-order chi connectivity index (χ1) is 17.9. The monoisotopic (exact) mass is 543 g/mol. The Bertz CT molecular complexity index is 1140. The topological polar surface area (TPSA) is 108 Å². The molecule has 38 heavy (non-hydrogen) atoms. The zero-order valence-corrected chi connectivity index (χ0v) is 23.6. The van der Waals surface area contributed by atoms with E-state index in [1.807, 2.05) is 51.1 Å². The molecule has 0 aliphatic heterocycles. The number of hydrogen-bond donors (Lipinski definition) is 3. The van der Waals surface area contributed by atoms with Gasteiger partial charge in [0.25, 0.3) is 5.91 Å². The van der Waals surface area contributed by atoms with Crippen LogP contribution < -0.4 is 10.6 Å². The van der Waals surface area contributed by atoms with Gasteiger partial charge < -0.3 is 25.4 Å². The molecule has 2 aromatic carbocycles. The Labute approximate surface area is 229 Å². The second-order valence-electron chi connectivity index (χ2n) is 10.8. The molecule has 1 aliphatic rings. The molecule has 1 fully saturated rings. The van der Waals surface area contributed by atoms with Gasteiger partial charge in [-0.15, -0.1) is 0 Å². The van der Waals surface area contributed by atoms with Gasteiger partial charge in [0.2, 0.25) is 5.91 Å². The number of amides is 3. The van der Waals surface area contributed by atoms with E-state index in [4.69, 9.17) is 16.3 Å². The number of alkyl carbamates (subject to hydrolysis) is 1. The average Bonchev–Trinajstić information content (AvgIpc) is 3.57. The molecule has 3 amide bonds. The molecule has 9 heteroatoms. The first-order valence-corrected chi connectivity index (χ1v) is 13.3. The number of aliphatic hydroxyl groups excluding tert-OH is 1. The summed E-state index contributed by atoms with van der Waals surface area (Å²) in [5.41, 5.74) is 2.17. The number of nitrogens with zero attached hydrogens (tertiary/aromatic N) is 1. The Morgan fingerprint density at radius 1 is 1.16 bits per heavy atom. The fraction of sp³-hybridized carbons (Fsp3) is 0.483. The summed E-state index contributed by atoms with van der Waals surface area (Å²) in [4.78, 5) is 41.8. The molecule has 0 saturated heterocycles. The van der Waals surface area contributed by atoms with Crippen LogP contribution in [0.15, 0.2) is 42.5 Å². The summed E-state index contributed by atoms with van der Waals surface area (Å²) in [5.74, 6) is -0.859. The maximum Gasteiger partial charge on any atom is 0.408 e. The maximum atomic E-state index is 13.9. The van der Waals surface area contributed by atoms with Gasteiger partial charge in [0.1, 0.15) is 17.7 Å². The van der Waals surface area contributed by atoms with E-state index in [0.717, 1.165) is 17.5 Å². The van der Waals surface area contributed by atoms with Crippen molar-refractivity contribution in [2.75, 3.05) is 11.9 Å². The first-order valence-electron chi connectivity index (χ1n) is 12.9. The number of aliphatic hydroxyl groups is 1. The van der Waals surface area contributed by atoms with Crippen molar-refractivity contribution in [2.24, 2.45) is 5.92 Å². The number of nitrogens with one attached hydrogen (secondary N) is 2. The second kappa shape index (κ2) is 12.2. The molecular formula is C29H38ClN3O5. The zero-order valence-electron chi connectivity index (χ0n) is 22.9. The van der Waals surface area contributed by atoms with Crippen molar-refractivity contribution in [3.63, 3.8) is 0 Å². The van der Waals surface area contributed by atoms with Crippen molar-refractivity contribution in [3.05, 3.63) is 64.2 Å². The maximum absolute atomic E-state index is 13.9. The van der Waals surface area contributed by atoms with Gasteiger partial charge in [-0.25, -0.2) is 4.79 Å². The second-order valence-corrected chi connectivity index (χ2v) is 11.2. The van der Waals surface area contributed by atoms with E-state index >= 15 is 0 Å². The van der Waals surface area contributed by atoms with Crippen LogP contribution in [0.25, 0.3) is 0 Å². The molecule has 1 aliphatic carbocycles. The molecule has 0 bridgehead atoms. The fourth-order valence-corrected chi connectivity index (χ4v) is 4.61. The smallest absolute Gasteiger partial charge is 0.408 e. The standard InChI is InChI=1S/C29H38ClN3O5/c1-7-19-11-13-20(14-12-19)25(26(35)32-24-17(2)9-8-10-21(24)30)33(23-15-18(23)3)27(36)22(16-34)31-28(37)38-29(4,5)6/h8-14,18,22-23,25,34H,7,15-16H2,1-6H3,(H,31,37)(H,32,35). The number of anilines is 1. The number of benzene rings is 2. The lowest BCUT2D eigenvalue weighted by Crippen LogP contribution is -2.54. The molecule has 206 valence electrons. The lowest BCUT2D eigenvalue weighted by Gasteiger charge is -2.35. The minimum absolute atomic E-state index is 0.145. The fourth-order valence-electron chi connectivity index (χ4n) is 4.34. The third-order valence-corrected chi connectivity index (χ3v) is 6.87. The van der Waals surface area contributed by atoms with Crippen LogP contribution in [0.1, 0.15) is 63.8 Å². The Hall–Kier alpha value is -3.10. The van der Waals surface area contributed by atoms with Crippen molar-refractivity contribution in [1.82, 2.24) is 10.2 Å². The van der Waals surface area contributed by atoms with Crippen LogP contribution in [0.3, 0.4) is 0 Å². The minimum Gasteiger partial charge on any atom is -0.444 e. The molecule has 0 aromatic heterocycles. The highest BCUT2D eigenvalue weighted by Gasteiger charge is 2.48. The van der Waals surface area contributed by atoms with Crippen LogP contribution in [-0.4, -0.2) is 52.2 Å². The Kier molecular flexibility index (Phi) is 9.44. The van der Waals surface area contributed by atoms with Crippen LogP contribution in [0.4, 0.5) is 10.5 Å². The minimum atomic E-state index is -1.29. The molecule has 3 rings (SSSR count). The van der Waals surface area contributed by atoms with Crippen molar-refractivity contribution >= 4 is 35.2 Å². The number of para-hydroxylation sites is 1. The molecule has 0 heterocycles. The van der Waals surface area contributed by atoms with Crippen molar-refractivity contribution in [2.45, 2.75) is 78.1 Å². The number of carbonyl (C=O) groups excluding carboxylic acids is 3. The number of aryl methyl sites for hydroxylation is 2. The Morgan fingerprint density at radius 3 is 2.29 bits per heavy atom. The summed E-state index contributed by atoms with van der Waals surface area (Å²) in [6.07, 6.45) is 0.692. The SMILES string of the molecule is CCc1ccc(C(C(=O)Nc2c(C)cccc2Cl)N(C(=O)C(CO)NC(=O)OC(C)(C)C)C2CC2C)cc1. The molecule has 4 atom stereocenters. The molecule has 4 unspecified atom stereocenters. The molecule has 8 nitrogen and oxygen atoms in total. The zero-order chi connectivity index (χ0) is 28.2. The number of rotatable bonds is 9. The van der Waals surface area contributed by atoms with E-state index in [9.17, 15) is 19.5 Å². The van der Waals surface area contributed by atoms with Gasteiger partial charge in [0, 0.05) is 6.04 Å². The highest BCUT2D eigenvalue weighted by molar-refractivity contribution is 6.34. The van der Waals surface area contributed by atoms with Crippen molar-refractivity contribution < 1.29 is 24.2 Å². The predicted molar refractivity (Wildman–Crippen MR) is 148 cm³/mol. The van der Waals surface area contributed by atoms with Gasteiger partial charge in [-0.2, -0.15) is 0 Å². The molecule has 0 spiro atoms. The summed E-state index contributed by atoms with van der Waals surface area (Å²) in [6.45, 7) is 10.3. The third kappa shape index (κ3) is 7.26. The summed E-state index contributed by atoms with van der Waals surface area (Å²) in [6, 6.07) is 10.3. The van der Waals surface area contributed by atoms with E-state index in [0.29, 0.717) is 22.7 Å². The summed E-state index contributed by atoms with van der Waals surface area (Å²) in [5, 5.41) is 15.9. The summed E-state index contributed by atoms with van der Waals surface area (Å²) in [7, 11) is 0. The molecular weight excluding hydrogens is 506 g/mol. The van der Waals surface area contributed by atoms with Gasteiger partial charge >= 0.3 is 6.09 Å². The molecule has 2 aromatic rings. The first kappa shape index (κ1) is 29.5. The van der Waals surface area contributed by atoms with Gasteiger partial charge in [-0.1, -0.05) is 61.8 Å². The predicted octanol–water partition coefficient (Wildman–Crippen LogP) is 5.01. The highest BCUT2D eigenvalue weighted by atomic mass is 35.5. The van der Waals surface area contributed by atoms with Crippen LogP contribution in [0, 0.1) is 12.8 Å². The van der Waals surface area contributed by atoms with Gasteiger partial charge in [0.15, 0.2) is 0 Å². The summed E-state index contributed by atoms with van der Waals surface area (Å²) >= 11 is 6.40. The lowest BCUT2D eigenvalue weighted by molar-refractivity contribution is -0.142. The van der Waals surface area contributed by atoms with Crippen LogP contribution >= 0.6 is 11.6 Å². The van der Waals surface area contributed by atoms with Gasteiger partial charge in [0.05, 0.1) is 17.3 Å². The quantitative estimate of drug-likeness (QED) is 0.412. The van der Waals surface area contributed by atoms with E-state index in [2.05, 4.69) is 10.6 Å². The number of carbonyl (C=O) groups is 3. The van der Waals surface area contributed by atoms with E-state index < -0.39 is 42.2 Å². The van der Waals surface area contributed by atoms with Crippen LogP contribution in [-0.2, 0) is 20.7 Å². The van der Waals surface area contributed by atoms with Gasteiger partial charge in [-0.05, 0) is 69.2 Å². The lowest BCUT2D eigenvalue weighted by atomic mass is 10.00. The van der Waals surface area contributed by atoms with Gasteiger partial charge in [-0.3, -0.25) is 9.59 Å². The molecule has 1 saturated carbocycles. The molecule has 0 radical (unpaired) electrons. The van der Waals surface area contributed by atoms with Crippen LogP contribution in [0.5, 0.6) is 0 Å². The van der Waals surface area contributed by atoms with E-state index in [-0.39, 0.29) is 12.0 Å². The number of halogens is 1. The van der Waals surface area contributed by atoms with Crippen molar-refractivity contribution in [1.29, 1.82) is 0 Å². The average molecular weight is 544 g/mol. The number of ether oxygens (including phenoxy) is 1. The normalized spacial score (nSPS) is 18.2. The largest absolute Gasteiger partial charge is 0.444 e. The van der Waals surface area contributed by atoms with Crippen LogP contribution in [0.2, 0.25) is 5.02 Å². The highest BCUT2D eigenvalue weighted by Crippen LogP contribution is 2.41. The van der Waals surface area contributed by atoms with E-state index in [1.54, 1.807) is 32.9 Å². The summed E-state index contributed by atoms with van der Waals surface area (Å²) < 4.78 is 5.29. The molecule has 3 N–H and O–H groups in total. The van der Waals surface area contributed by atoms with E-state index in [1.165, 1.54) is 4.90 Å². The van der Waals surface area contributed by atoms with Crippen molar-refractivity contribution in [3.8, 4) is 0 Å². The third-order valence-electron chi connectivity index (χ3n) is 6.55. The number of hydrogen-bond acceptors (Lipinski definition) is 5. The Morgan fingerprint density at radius 2 is 1.79 bits per heavy atom.